The first-order valence-electron chi connectivity index (χ1n) is 9.68. The van der Waals surface area contributed by atoms with Crippen molar-refractivity contribution in [3.8, 4) is 5.69 Å². The van der Waals surface area contributed by atoms with Gasteiger partial charge in [-0.1, -0.05) is 18.2 Å². The largest absolute Gasteiger partial charge is 0.336 e. The summed E-state index contributed by atoms with van der Waals surface area (Å²) in [6.45, 7) is 4.12. The van der Waals surface area contributed by atoms with Crippen molar-refractivity contribution in [3.05, 3.63) is 90.0 Å². The molecule has 1 aromatic heterocycles. The fraction of sp³-hybridized carbons (Fsp3) is 0.261. The van der Waals surface area contributed by atoms with E-state index < -0.39 is 0 Å². The van der Waals surface area contributed by atoms with Crippen molar-refractivity contribution in [3.63, 3.8) is 0 Å². The molecule has 1 aliphatic rings. The molecule has 0 saturated carbocycles. The molecule has 0 unspecified atom stereocenters. The first kappa shape index (κ1) is 18.4. The Kier molecular flexibility index (Phi) is 5.53. The fourth-order valence-corrected chi connectivity index (χ4v) is 3.60. The molecule has 1 aliphatic heterocycles. The number of hydrogen-bond acceptors (Lipinski definition) is 2. The summed E-state index contributed by atoms with van der Waals surface area (Å²) >= 11 is 0. The first-order valence-corrected chi connectivity index (χ1v) is 9.68. The standard InChI is InChI=1S/C23H24FN3O/c24-21-8-6-19(7-9-21)10-13-25-14-16-27(17-15-25)23(28)20-4-3-5-22(18-20)26-11-1-2-12-26/h1-9,11-12,18H,10,13-17H2. The number of amides is 1. The van der Waals surface area contributed by atoms with Crippen LogP contribution in [0.25, 0.3) is 5.69 Å². The van der Waals surface area contributed by atoms with Gasteiger partial charge in [0.1, 0.15) is 5.82 Å². The zero-order valence-electron chi connectivity index (χ0n) is 15.8. The molecule has 4 rings (SSSR count). The van der Waals surface area contributed by atoms with Gasteiger partial charge in [-0.25, -0.2) is 4.39 Å². The molecule has 1 fully saturated rings. The van der Waals surface area contributed by atoms with E-state index in [9.17, 15) is 9.18 Å². The molecule has 2 aromatic carbocycles. The molecule has 0 aliphatic carbocycles. The zero-order valence-corrected chi connectivity index (χ0v) is 15.8. The molecule has 0 atom stereocenters. The molecule has 0 N–H and O–H groups in total. The van der Waals surface area contributed by atoms with Gasteiger partial charge in [-0.15, -0.1) is 0 Å². The molecular weight excluding hydrogens is 353 g/mol. The second kappa shape index (κ2) is 8.40. The summed E-state index contributed by atoms with van der Waals surface area (Å²) < 4.78 is 15.0. The van der Waals surface area contributed by atoms with Crippen LogP contribution in [-0.4, -0.2) is 53.0 Å². The Balaban J connectivity index is 1.31. The van der Waals surface area contributed by atoms with Crippen molar-refractivity contribution in [2.75, 3.05) is 32.7 Å². The van der Waals surface area contributed by atoms with Gasteiger partial charge in [0.2, 0.25) is 0 Å². The van der Waals surface area contributed by atoms with Gasteiger partial charge in [-0.05, 0) is 54.4 Å². The van der Waals surface area contributed by atoms with Crippen LogP contribution < -0.4 is 0 Å². The molecule has 1 saturated heterocycles. The van der Waals surface area contributed by atoms with E-state index >= 15 is 0 Å². The normalized spacial score (nSPS) is 15.0. The molecular formula is C23H24FN3O. The number of benzene rings is 2. The minimum atomic E-state index is -0.197. The molecule has 3 aromatic rings. The summed E-state index contributed by atoms with van der Waals surface area (Å²) in [7, 11) is 0. The lowest BCUT2D eigenvalue weighted by Gasteiger charge is -2.34. The smallest absolute Gasteiger partial charge is 0.254 e. The number of aromatic nitrogens is 1. The number of carbonyl (C=O) groups is 1. The van der Waals surface area contributed by atoms with Crippen molar-refractivity contribution in [2.45, 2.75) is 6.42 Å². The van der Waals surface area contributed by atoms with Crippen LogP contribution in [0.4, 0.5) is 4.39 Å². The number of nitrogens with zero attached hydrogens (tertiary/aromatic N) is 3. The number of halogens is 1. The van der Waals surface area contributed by atoms with Crippen LogP contribution in [0.5, 0.6) is 0 Å². The lowest BCUT2D eigenvalue weighted by atomic mass is 10.1. The fourth-order valence-electron chi connectivity index (χ4n) is 3.60. The molecule has 4 nitrogen and oxygen atoms in total. The van der Waals surface area contributed by atoms with Crippen LogP contribution >= 0.6 is 0 Å². The predicted molar refractivity (Wildman–Crippen MR) is 108 cm³/mol. The van der Waals surface area contributed by atoms with Gasteiger partial charge < -0.3 is 9.47 Å². The van der Waals surface area contributed by atoms with Gasteiger partial charge >= 0.3 is 0 Å². The third-order valence-electron chi connectivity index (χ3n) is 5.29. The highest BCUT2D eigenvalue weighted by Crippen LogP contribution is 2.15. The van der Waals surface area contributed by atoms with E-state index in [-0.39, 0.29) is 11.7 Å². The SMILES string of the molecule is O=C(c1cccc(-n2cccc2)c1)N1CCN(CCc2ccc(F)cc2)CC1. The Hall–Kier alpha value is -2.92. The molecule has 2 heterocycles. The number of carbonyl (C=O) groups excluding carboxylic acids is 1. The maximum Gasteiger partial charge on any atom is 0.254 e. The third-order valence-corrected chi connectivity index (χ3v) is 5.29. The Morgan fingerprint density at radius 1 is 0.893 bits per heavy atom. The van der Waals surface area contributed by atoms with Gasteiger partial charge in [0.25, 0.3) is 5.91 Å². The second-order valence-electron chi connectivity index (χ2n) is 7.15. The van der Waals surface area contributed by atoms with Crippen LogP contribution in [0.3, 0.4) is 0 Å². The van der Waals surface area contributed by atoms with E-state index in [1.807, 2.05) is 70.4 Å². The minimum absolute atomic E-state index is 0.0900. The van der Waals surface area contributed by atoms with E-state index in [2.05, 4.69) is 4.90 Å². The molecule has 5 heteroatoms. The summed E-state index contributed by atoms with van der Waals surface area (Å²) in [4.78, 5) is 17.2. The maximum absolute atomic E-state index is 13.0. The van der Waals surface area contributed by atoms with E-state index in [0.29, 0.717) is 0 Å². The molecule has 144 valence electrons. The number of hydrogen-bond donors (Lipinski definition) is 0. The van der Waals surface area contributed by atoms with Crippen molar-refractivity contribution in [2.24, 2.45) is 0 Å². The van der Waals surface area contributed by atoms with Crippen molar-refractivity contribution < 1.29 is 9.18 Å². The Morgan fingerprint density at radius 3 is 2.32 bits per heavy atom. The van der Waals surface area contributed by atoms with E-state index in [1.54, 1.807) is 0 Å². The Labute approximate surface area is 164 Å². The first-order chi connectivity index (χ1) is 13.7. The van der Waals surface area contributed by atoms with Crippen LogP contribution in [0.2, 0.25) is 0 Å². The Bertz CT molecular complexity index is 913. The van der Waals surface area contributed by atoms with Crippen LogP contribution in [0.15, 0.2) is 73.1 Å². The summed E-state index contributed by atoms with van der Waals surface area (Å²) in [5.41, 5.74) is 2.86. The van der Waals surface area contributed by atoms with Gasteiger partial charge in [0.05, 0.1) is 0 Å². The van der Waals surface area contributed by atoms with Gasteiger partial charge in [-0.3, -0.25) is 9.69 Å². The molecule has 0 radical (unpaired) electrons. The monoisotopic (exact) mass is 377 g/mol. The summed E-state index contributed by atoms with van der Waals surface area (Å²) in [6.07, 6.45) is 4.85. The lowest BCUT2D eigenvalue weighted by molar-refractivity contribution is 0.0638. The average molecular weight is 377 g/mol. The molecule has 0 bridgehead atoms. The average Bonchev–Trinajstić information content (AvgIpc) is 3.28. The predicted octanol–water partition coefficient (Wildman–Crippen LogP) is 3.62. The molecule has 0 spiro atoms. The van der Waals surface area contributed by atoms with Gasteiger partial charge in [0.15, 0.2) is 0 Å². The topological polar surface area (TPSA) is 28.5 Å². The quantitative estimate of drug-likeness (QED) is 0.680. The summed E-state index contributed by atoms with van der Waals surface area (Å²) in [6, 6.07) is 18.4. The van der Waals surface area contributed by atoms with Crippen molar-refractivity contribution in [1.82, 2.24) is 14.4 Å². The zero-order chi connectivity index (χ0) is 19.3. The van der Waals surface area contributed by atoms with Crippen molar-refractivity contribution in [1.29, 1.82) is 0 Å². The summed E-state index contributed by atoms with van der Waals surface area (Å²) in [5.74, 6) is -0.107. The maximum atomic E-state index is 13.0. The van der Waals surface area contributed by atoms with E-state index in [1.165, 1.54) is 12.1 Å². The minimum Gasteiger partial charge on any atom is -0.336 e. The third kappa shape index (κ3) is 4.31. The number of rotatable bonds is 5. The van der Waals surface area contributed by atoms with Crippen LogP contribution in [-0.2, 0) is 6.42 Å². The van der Waals surface area contributed by atoms with Gasteiger partial charge in [-0.2, -0.15) is 0 Å². The second-order valence-corrected chi connectivity index (χ2v) is 7.15. The number of piperazine rings is 1. The Morgan fingerprint density at radius 2 is 1.61 bits per heavy atom. The lowest BCUT2D eigenvalue weighted by Crippen LogP contribution is -2.49. The van der Waals surface area contributed by atoms with Crippen molar-refractivity contribution >= 4 is 5.91 Å². The van der Waals surface area contributed by atoms with E-state index in [4.69, 9.17) is 0 Å². The molecule has 1 amide bonds. The van der Waals surface area contributed by atoms with Crippen LogP contribution in [0, 0.1) is 5.82 Å². The molecule has 28 heavy (non-hydrogen) atoms. The highest BCUT2D eigenvalue weighted by molar-refractivity contribution is 5.94. The van der Waals surface area contributed by atoms with E-state index in [0.717, 1.165) is 56.0 Å². The van der Waals surface area contributed by atoms with Crippen LogP contribution in [0.1, 0.15) is 15.9 Å². The van der Waals surface area contributed by atoms with Gasteiger partial charge in [0, 0.05) is 56.4 Å². The highest BCUT2D eigenvalue weighted by atomic mass is 19.1. The summed E-state index contributed by atoms with van der Waals surface area (Å²) in [5, 5.41) is 0. The highest BCUT2D eigenvalue weighted by Gasteiger charge is 2.22.